The molecule has 1 heterocycles. The molecule has 0 aliphatic rings. The van der Waals surface area contributed by atoms with Gasteiger partial charge in [-0.15, -0.1) is 0 Å². The fourth-order valence-corrected chi connectivity index (χ4v) is 1.86. The molecule has 1 N–H and O–H groups in total. The molecule has 2 rings (SSSR count). The van der Waals surface area contributed by atoms with Crippen LogP contribution in [-0.4, -0.2) is 24.6 Å². The second-order valence-electron chi connectivity index (χ2n) is 5.49. The van der Waals surface area contributed by atoms with Gasteiger partial charge in [-0.2, -0.15) is 0 Å². The van der Waals surface area contributed by atoms with Crippen LogP contribution in [0.4, 0.5) is 0 Å². The number of carbonyl (C=O) groups is 2. The first-order valence-corrected chi connectivity index (χ1v) is 7.71. The fourth-order valence-electron chi connectivity index (χ4n) is 1.86. The molecule has 2 aromatic rings. The maximum absolute atomic E-state index is 11.9. The lowest BCUT2D eigenvalue weighted by atomic mass is 10.1. The van der Waals surface area contributed by atoms with Crippen LogP contribution in [0, 0.1) is 0 Å². The van der Waals surface area contributed by atoms with Gasteiger partial charge in [-0.1, -0.05) is 12.1 Å². The summed E-state index contributed by atoms with van der Waals surface area (Å²) >= 11 is 0. The van der Waals surface area contributed by atoms with Crippen molar-refractivity contribution in [3.8, 4) is 0 Å². The quantitative estimate of drug-likeness (QED) is 0.753. The van der Waals surface area contributed by atoms with Crippen molar-refractivity contribution in [3.63, 3.8) is 0 Å². The summed E-state index contributed by atoms with van der Waals surface area (Å²) in [5.41, 5.74) is 1.36. The van der Waals surface area contributed by atoms with Crippen LogP contribution in [0.1, 0.15) is 35.5 Å². The lowest BCUT2D eigenvalue weighted by molar-refractivity contribution is -0.124. The molecule has 0 atom stereocenters. The van der Waals surface area contributed by atoms with Crippen LogP contribution in [0.2, 0.25) is 0 Å². The molecule has 0 aliphatic carbocycles. The number of ether oxygens (including phenoxy) is 2. The number of furan rings is 1. The summed E-state index contributed by atoms with van der Waals surface area (Å²) in [6, 6.07) is 10.4. The van der Waals surface area contributed by atoms with Gasteiger partial charge in [0.2, 0.25) is 0 Å². The molecule has 0 spiro atoms. The normalized spacial score (nSPS) is 10.6. The van der Waals surface area contributed by atoms with Crippen molar-refractivity contribution in [2.75, 3.05) is 6.61 Å². The van der Waals surface area contributed by atoms with E-state index in [0.717, 1.165) is 5.56 Å². The van der Waals surface area contributed by atoms with E-state index in [1.165, 1.54) is 6.26 Å². The van der Waals surface area contributed by atoms with Crippen molar-refractivity contribution in [1.29, 1.82) is 0 Å². The Morgan fingerprint density at radius 1 is 1.17 bits per heavy atom. The molecule has 0 saturated heterocycles. The van der Waals surface area contributed by atoms with Crippen molar-refractivity contribution in [2.24, 2.45) is 0 Å². The van der Waals surface area contributed by atoms with Gasteiger partial charge in [0.1, 0.15) is 5.76 Å². The highest BCUT2D eigenvalue weighted by atomic mass is 16.5. The van der Waals surface area contributed by atoms with Crippen molar-refractivity contribution in [1.82, 2.24) is 5.32 Å². The lowest BCUT2D eigenvalue weighted by Gasteiger charge is -2.08. The maximum Gasteiger partial charge on any atom is 0.338 e. The van der Waals surface area contributed by atoms with E-state index in [-0.39, 0.29) is 25.2 Å². The molecule has 0 fully saturated rings. The molecular weight excluding hydrogens is 310 g/mol. The Hall–Kier alpha value is -2.60. The van der Waals surface area contributed by atoms with Crippen LogP contribution in [0.15, 0.2) is 47.1 Å². The number of hydrogen-bond donors (Lipinski definition) is 1. The zero-order valence-corrected chi connectivity index (χ0v) is 13.8. The van der Waals surface area contributed by atoms with Crippen LogP contribution < -0.4 is 5.32 Å². The van der Waals surface area contributed by atoms with E-state index in [4.69, 9.17) is 13.9 Å². The molecule has 6 nitrogen and oxygen atoms in total. The minimum Gasteiger partial charge on any atom is -0.467 e. The zero-order chi connectivity index (χ0) is 17.4. The van der Waals surface area contributed by atoms with Gasteiger partial charge in [-0.25, -0.2) is 4.79 Å². The molecule has 0 saturated carbocycles. The SMILES string of the molecule is CC(C)OCc1ccc(C(=O)OCC(=O)NCc2ccco2)cc1. The fraction of sp³-hybridized carbons (Fsp3) is 0.333. The Kier molecular flexibility index (Phi) is 6.57. The summed E-state index contributed by atoms with van der Waals surface area (Å²) in [5, 5.41) is 2.60. The van der Waals surface area contributed by atoms with Crippen LogP contribution in [0.25, 0.3) is 0 Å². The van der Waals surface area contributed by atoms with E-state index in [1.54, 1.807) is 36.4 Å². The van der Waals surface area contributed by atoms with Gasteiger partial charge >= 0.3 is 5.97 Å². The van der Waals surface area contributed by atoms with E-state index >= 15 is 0 Å². The molecule has 128 valence electrons. The average molecular weight is 331 g/mol. The Morgan fingerprint density at radius 3 is 2.54 bits per heavy atom. The number of carbonyl (C=O) groups excluding carboxylic acids is 2. The van der Waals surface area contributed by atoms with E-state index in [2.05, 4.69) is 5.32 Å². The van der Waals surface area contributed by atoms with Crippen LogP contribution in [0.3, 0.4) is 0 Å². The summed E-state index contributed by atoms with van der Waals surface area (Å²) in [6.45, 7) is 4.33. The summed E-state index contributed by atoms with van der Waals surface area (Å²) in [5.74, 6) is -0.296. The zero-order valence-electron chi connectivity index (χ0n) is 13.8. The highest BCUT2D eigenvalue weighted by Gasteiger charge is 2.10. The molecule has 24 heavy (non-hydrogen) atoms. The predicted molar refractivity (Wildman–Crippen MR) is 87.2 cm³/mol. The minimum atomic E-state index is -0.542. The monoisotopic (exact) mass is 331 g/mol. The Labute approximate surface area is 140 Å². The summed E-state index contributed by atoms with van der Waals surface area (Å²) in [4.78, 5) is 23.5. The smallest absolute Gasteiger partial charge is 0.338 e. The molecule has 0 bridgehead atoms. The predicted octanol–water partition coefficient (Wildman–Crippen LogP) is 2.68. The average Bonchev–Trinajstić information content (AvgIpc) is 3.10. The summed E-state index contributed by atoms with van der Waals surface area (Å²) in [7, 11) is 0. The Morgan fingerprint density at radius 2 is 1.92 bits per heavy atom. The van der Waals surface area contributed by atoms with E-state index in [0.29, 0.717) is 17.9 Å². The minimum absolute atomic E-state index is 0.148. The number of esters is 1. The lowest BCUT2D eigenvalue weighted by Crippen LogP contribution is -2.28. The van der Waals surface area contributed by atoms with Crippen molar-refractivity contribution < 1.29 is 23.5 Å². The van der Waals surface area contributed by atoms with Crippen LogP contribution in [0.5, 0.6) is 0 Å². The second kappa shape index (κ2) is 8.88. The van der Waals surface area contributed by atoms with Crippen LogP contribution >= 0.6 is 0 Å². The molecule has 0 radical (unpaired) electrons. The molecule has 6 heteroatoms. The third-order valence-electron chi connectivity index (χ3n) is 3.15. The van der Waals surface area contributed by atoms with Crippen molar-refractivity contribution >= 4 is 11.9 Å². The van der Waals surface area contributed by atoms with Crippen molar-refractivity contribution in [2.45, 2.75) is 33.1 Å². The Balaban J connectivity index is 1.74. The van der Waals surface area contributed by atoms with Gasteiger partial charge in [-0.3, -0.25) is 4.79 Å². The topological polar surface area (TPSA) is 77.8 Å². The standard InChI is InChI=1S/C18H21NO5/c1-13(2)23-11-14-5-7-15(8-6-14)18(21)24-12-17(20)19-10-16-4-3-9-22-16/h3-9,13H,10-12H2,1-2H3,(H,19,20). The van der Waals surface area contributed by atoms with Crippen LogP contribution in [-0.2, 0) is 27.4 Å². The number of amides is 1. The molecule has 0 aliphatic heterocycles. The molecule has 1 aromatic heterocycles. The van der Waals surface area contributed by atoms with Gasteiger partial charge in [0.25, 0.3) is 5.91 Å². The third-order valence-corrected chi connectivity index (χ3v) is 3.15. The third kappa shape index (κ3) is 5.89. The van der Waals surface area contributed by atoms with E-state index in [1.807, 2.05) is 13.8 Å². The summed E-state index contributed by atoms with van der Waals surface area (Å²) in [6.07, 6.45) is 1.67. The van der Waals surface area contributed by atoms with Gasteiger partial charge in [-0.05, 0) is 43.7 Å². The highest BCUT2D eigenvalue weighted by Crippen LogP contribution is 2.08. The van der Waals surface area contributed by atoms with Gasteiger partial charge < -0.3 is 19.2 Å². The first-order valence-electron chi connectivity index (χ1n) is 7.71. The van der Waals surface area contributed by atoms with E-state index < -0.39 is 5.97 Å². The first kappa shape index (κ1) is 17.7. The second-order valence-corrected chi connectivity index (χ2v) is 5.49. The molecule has 1 amide bonds. The number of hydrogen-bond acceptors (Lipinski definition) is 5. The Bertz CT molecular complexity index is 647. The molecule has 0 unspecified atom stereocenters. The highest BCUT2D eigenvalue weighted by molar-refractivity contribution is 5.91. The molecule has 1 aromatic carbocycles. The largest absolute Gasteiger partial charge is 0.467 e. The van der Waals surface area contributed by atoms with Gasteiger partial charge in [0.15, 0.2) is 6.61 Å². The van der Waals surface area contributed by atoms with Gasteiger partial charge in [0, 0.05) is 0 Å². The van der Waals surface area contributed by atoms with E-state index in [9.17, 15) is 9.59 Å². The maximum atomic E-state index is 11.9. The summed E-state index contributed by atoms with van der Waals surface area (Å²) < 4.78 is 15.6. The first-order chi connectivity index (χ1) is 11.5. The van der Waals surface area contributed by atoms with Gasteiger partial charge in [0.05, 0.1) is 31.1 Å². The number of rotatable bonds is 8. The number of benzene rings is 1. The van der Waals surface area contributed by atoms with Crippen molar-refractivity contribution in [3.05, 3.63) is 59.5 Å². The number of nitrogens with one attached hydrogen (secondary N) is 1. The molecular formula is C18H21NO5.